The Labute approximate surface area is 178 Å². The number of nitrogens with zero attached hydrogens (tertiary/aromatic N) is 4. The molecule has 5 rings (SSSR count). The standard InChI is InChI=1S/C23H32N4O3/c28-22(25-11-4-15-29-16-14-25)18-5-3-10-27(17-18)19-8-12-26(13-9-19)23-24-20-6-1-2-7-21(20)30-23/h1-2,6-7,18-19H,3-5,8-17H2. The van der Waals surface area contributed by atoms with Gasteiger partial charge in [-0.1, -0.05) is 12.1 Å². The number of fused-ring (bicyclic) bond motifs is 1. The van der Waals surface area contributed by atoms with Crippen molar-refractivity contribution in [2.75, 3.05) is 57.4 Å². The molecular weight excluding hydrogens is 380 g/mol. The number of likely N-dealkylation sites (tertiary alicyclic amines) is 1. The number of oxazole rings is 1. The Morgan fingerprint density at radius 1 is 0.967 bits per heavy atom. The van der Waals surface area contributed by atoms with Gasteiger partial charge in [0.15, 0.2) is 5.58 Å². The molecule has 1 aromatic heterocycles. The fourth-order valence-electron chi connectivity index (χ4n) is 5.18. The highest BCUT2D eigenvalue weighted by Gasteiger charge is 2.34. The molecule has 7 nitrogen and oxygen atoms in total. The van der Waals surface area contributed by atoms with Gasteiger partial charge in [0.25, 0.3) is 6.01 Å². The van der Waals surface area contributed by atoms with E-state index in [2.05, 4.69) is 14.8 Å². The van der Waals surface area contributed by atoms with E-state index in [0.717, 1.165) is 95.1 Å². The number of amides is 1. The summed E-state index contributed by atoms with van der Waals surface area (Å²) in [5.41, 5.74) is 1.77. The molecule has 0 N–H and O–H groups in total. The van der Waals surface area contributed by atoms with Crippen molar-refractivity contribution >= 4 is 23.0 Å². The first-order valence-electron chi connectivity index (χ1n) is 11.5. The first-order chi connectivity index (χ1) is 14.8. The number of rotatable bonds is 3. The predicted molar refractivity (Wildman–Crippen MR) is 116 cm³/mol. The maximum absolute atomic E-state index is 13.1. The molecular formula is C23H32N4O3. The van der Waals surface area contributed by atoms with Crippen molar-refractivity contribution in [3.05, 3.63) is 24.3 Å². The Morgan fingerprint density at radius 2 is 1.83 bits per heavy atom. The second-order valence-corrected chi connectivity index (χ2v) is 8.81. The average Bonchev–Trinajstić information content (AvgIpc) is 3.05. The maximum Gasteiger partial charge on any atom is 0.298 e. The summed E-state index contributed by atoms with van der Waals surface area (Å²) in [5.74, 6) is 0.487. The number of hydrogen-bond acceptors (Lipinski definition) is 6. The normalized spacial score (nSPS) is 24.9. The van der Waals surface area contributed by atoms with Gasteiger partial charge in [-0.05, 0) is 50.8 Å². The third-order valence-corrected chi connectivity index (χ3v) is 6.87. The SMILES string of the molecule is O=C(C1CCCN(C2CCN(c3nc4ccccc4o3)CC2)C1)N1CCCOCC1. The highest BCUT2D eigenvalue weighted by Crippen LogP contribution is 2.28. The summed E-state index contributed by atoms with van der Waals surface area (Å²) in [6.45, 7) is 6.97. The van der Waals surface area contributed by atoms with Crippen LogP contribution in [0.3, 0.4) is 0 Å². The minimum atomic E-state index is 0.145. The van der Waals surface area contributed by atoms with Crippen LogP contribution in [0, 0.1) is 5.92 Å². The van der Waals surface area contributed by atoms with Crippen molar-refractivity contribution in [3.8, 4) is 0 Å². The van der Waals surface area contributed by atoms with Gasteiger partial charge in [-0.3, -0.25) is 9.69 Å². The second-order valence-electron chi connectivity index (χ2n) is 8.81. The molecule has 7 heteroatoms. The molecule has 2 aromatic rings. The van der Waals surface area contributed by atoms with Crippen LogP contribution in [0.15, 0.2) is 28.7 Å². The maximum atomic E-state index is 13.1. The molecule has 0 aliphatic carbocycles. The van der Waals surface area contributed by atoms with Gasteiger partial charge < -0.3 is 19.0 Å². The molecule has 0 radical (unpaired) electrons. The summed E-state index contributed by atoms with van der Waals surface area (Å²) < 4.78 is 11.5. The van der Waals surface area contributed by atoms with E-state index in [4.69, 9.17) is 9.15 Å². The van der Waals surface area contributed by atoms with E-state index < -0.39 is 0 Å². The largest absolute Gasteiger partial charge is 0.423 e. The van der Waals surface area contributed by atoms with E-state index in [1.165, 1.54) is 0 Å². The molecule has 1 unspecified atom stereocenters. The zero-order chi connectivity index (χ0) is 20.3. The van der Waals surface area contributed by atoms with Crippen LogP contribution in [0.4, 0.5) is 6.01 Å². The Balaban J connectivity index is 1.17. The molecule has 3 fully saturated rings. The van der Waals surface area contributed by atoms with Crippen LogP contribution >= 0.6 is 0 Å². The first-order valence-corrected chi connectivity index (χ1v) is 11.5. The summed E-state index contributed by atoms with van der Waals surface area (Å²) in [7, 11) is 0. The molecule has 162 valence electrons. The molecule has 0 saturated carbocycles. The number of para-hydroxylation sites is 2. The molecule has 1 aromatic carbocycles. The highest BCUT2D eigenvalue weighted by atomic mass is 16.5. The van der Waals surface area contributed by atoms with Gasteiger partial charge in [-0.15, -0.1) is 0 Å². The van der Waals surface area contributed by atoms with Gasteiger partial charge in [0.05, 0.1) is 12.5 Å². The van der Waals surface area contributed by atoms with Crippen molar-refractivity contribution in [1.82, 2.24) is 14.8 Å². The number of hydrogen-bond donors (Lipinski definition) is 0. The van der Waals surface area contributed by atoms with Crippen LogP contribution in [0.1, 0.15) is 32.1 Å². The molecule has 0 spiro atoms. The molecule has 3 saturated heterocycles. The molecule has 30 heavy (non-hydrogen) atoms. The first kappa shape index (κ1) is 19.8. The lowest BCUT2D eigenvalue weighted by molar-refractivity contribution is -0.137. The lowest BCUT2D eigenvalue weighted by Gasteiger charge is -2.42. The van der Waals surface area contributed by atoms with Crippen molar-refractivity contribution in [3.63, 3.8) is 0 Å². The van der Waals surface area contributed by atoms with Crippen LogP contribution in [-0.4, -0.2) is 79.2 Å². The minimum absolute atomic E-state index is 0.145. The van der Waals surface area contributed by atoms with Crippen LogP contribution in [0.5, 0.6) is 0 Å². The third kappa shape index (κ3) is 4.18. The Kier molecular flexibility index (Phi) is 5.91. The molecule has 4 heterocycles. The zero-order valence-corrected chi connectivity index (χ0v) is 17.7. The molecule has 3 aliphatic heterocycles. The van der Waals surface area contributed by atoms with Gasteiger partial charge in [0.1, 0.15) is 5.52 Å². The summed E-state index contributed by atoms with van der Waals surface area (Å²) in [5, 5.41) is 0. The van der Waals surface area contributed by atoms with E-state index >= 15 is 0 Å². The number of carbonyl (C=O) groups is 1. The fourth-order valence-corrected chi connectivity index (χ4v) is 5.18. The van der Waals surface area contributed by atoms with Gasteiger partial charge in [0.2, 0.25) is 5.91 Å². The van der Waals surface area contributed by atoms with Crippen molar-refractivity contribution in [2.45, 2.75) is 38.1 Å². The Hall–Kier alpha value is -2.12. The number of carbonyl (C=O) groups excluding carboxylic acids is 1. The second kappa shape index (κ2) is 8.94. The number of aromatic nitrogens is 1. The summed E-state index contributed by atoms with van der Waals surface area (Å²) in [4.78, 5) is 24.6. The molecule has 1 atom stereocenters. The van der Waals surface area contributed by atoms with Crippen LogP contribution in [0.25, 0.3) is 11.1 Å². The Morgan fingerprint density at radius 3 is 2.70 bits per heavy atom. The van der Waals surface area contributed by atoms with E-state index in [-0.39, 0.29) is 5.92 Å². The van der Waals surface area contributed by atoms with Gasteiger partial charge in [-0.25, -0.2) is 0 Å². The van der Waals surface area contributed by atoms with Crippen LogP contribution in [0.2, 0.25) is 0 Å². The van der Waals surface area contributed by atoms with Gasteiger partial charge >= 0.3 is 0 Å². The number of piperidine rings is 2. The monoisotopic (exact) mass is 412 g/mol. The van der Waals surface area contributed by atoms with Crippen LogP contribution < -0.4 is 4.90 Å². The smallest absolute Gasteiger partial charge is 0.298 e. The van der Waals surface area contributed by atoms with Crippen molar-refractivity contribution < 1.29 is 13.9 Å². The summed E-state index contributed by atoms with van der Waals surface area (Å²) >= 11 is 0. The predicted octanol–water partition coefficient (Wildman–Crippen LogP) is 2.76. The number of anilines is 1. The van der Waals surface area contributed by atoms with E-state index in [1.807, 2.05) is 29.2 Å². The van der Waals surface area contributed by atoms with E-state index in [0.29, 0.717) is 18.6 Å². The van der Waals surface area contributed by atoms with E-state index in [9.17, 15) is 4.79 Å². The van der Waals surface area contributed by atoms with Crippen molar-refractivity contribution in [2.24, 2.45) is 5.92 Å². The summed E-state index contributed by atoms with van der Waals surface area (Å²) in [6, 6.07) is 9.23. The van der Waals surface area contributed by atoms with Gasteiger partial charge in [-0.2, -0.15) is 4.98 Å². The summed E-state index contributed by atoms with van der Waals surface area (Å²) in [6.07, 6.45) is 5.28. The molecule has 3 aliphatic rings. The zero-order valence-electron chi connectivity index (χ0n) is 17.7. The fraction of sp³-hybridized carbons (Fsp3) is 0.652. The minimum Gasteiger partial charge on any atom is -0.423 e. The Bertz CT molecular complexity index is 820. The quantitative estimate of drug-likeness (QED) is 0.773. The van der Waals surface area contributed by atoms with E-state index in [1.54, 1.807) is 0 Å². The van der Waals surface area contributed by atoms with Gasteiger partial charge in [0, 0.05) is 45.4 Å². The third-order valence-electron chi connectivity index (χ3n) is 6.87. The lowest BCUT2D eigenvalue weighted by atomic mass is 9.93. The lowest BCUT2D eigenvalue weighted by Crippen LogP contribution is -2.51. The van der Waals surface area contributed by atoms with Crippen molar-refractivity contribution in [1.29, 1.82) is 0 Å². The number of ether oxygens (including phenoxy) is 1. The molecule has 0 bridgehead atoms. The topological polar surface area (TPSA) is 62.1 Å². The average molecular weight is 413 g/mol. The highest BCUT2D eigenvalue weighted by molar-refractivity contribution is 5.79. The number of benzene rings is 1. The molecule has 1 amide bonds. The van der Waals surface area contributed by atoms with Crippen LogP contribution in [-0.2, 0) is 9.53 Å².